The Bertz CT molecular complexity index is 863. The lowest BCUT2D eigenvalue weighted by Crippen LogP contribution is -2.45. The second-order valence-electron chi connectivity index (χ2n) is 9.58. The van der Waals surface area contributed by atoms with Crippen LogP contribution in [-0.4, -0.2) is 29.4 Å². The van der Waals surface area contributed by atoms with Gasteiger partial charge in [-0.05, 0) is 90.9 Å². The highest BCUT2D eigenvalue weighted by molar-refractivity contribution is 5.41. The minimum Gasteiger partial charge on any atom is -0.490 e. The molecule has 0 bridgehead atoms. The normalized spacial score (nSPS) is 37.1. The average molecular weight is 402 g/mol. The first kappa shape index (κ1) is 19.3. The Labute approximate surface area is 170 Å². The molecule has 1 aromatic rings. The van der Waals surface area contributed by atoms with Crippen molar-refractivity contribution in [2.24, 2.45) is 17.3 Å². The fraction of sp³-hybridized carbons (Fsp3) is 0.652. The van der Waals surface area contributed by atoms with Crippen molar-refractivity contribution in [3.8, 4) is 18.1 Å². The summed E-state index contributed by atoms with van der Waals surface area (Å²) >= 11 is 0. The van der Waals surface area contributed by atoms with E-state index in [1.165, 1.54) is 17.0 Å². The van der Waals surface area contributed by atoms with E-state index < -0.39 is 11.6 Å². The van der Waals surface area contributed by atoms with Crippen LogP contribution in [0.1, 0.15) is 56.1 Å². The molecule has 0 spiro atoms. The van der Waals surface area contributed by atoms with Crippen LogP contribution in [0.5, 0.6) is 5.75 Å². The molecule has 3 aliphatic carbocycles. The summed E-state index contributed by atoms with van der Waals surface area (Å²) < 4.78 is 33.4. The number of nitrogens with one attached hydrogen (secondary N) is 2. The number of aliphatic hydroxyl groups excluding tert-OH is 1. The van der Waals surface area contributed by atoms with Crippen molar-refractivity contribution in [2.45, 2.75) is 69.1 Å². The van der Waals surface area contributed by atoms with Gasteiger partial charge in [0.15, 0.2) is 0 Å². The molecule has 3 N–H and O–H groups in total. The number of aryl methyl sites for hydroxylation is 1. The molecular formula is C23H28F2N2O2. The second kappa shape index (κ2) is 6.41. The van der Waals surface area contributed by atoms with Crippen molar-refractivity contribution in [1.29, 1.82) is 0 Å². The standard InChI is InChI=1S/C23H28F2N2O2/c1-3-22(24,25)23(26-27-23)13-29-15-5-7-16-14(12-15)4-6-18-17(16)10-11-21(2)19(18)8-9-20(21)28/h1,5,7,12,17-20,26-28H,4,6,8-11,13H2,2H3/t17-,18-,19+,20+,21+/m1/s1. The van der Waals surface area contributed by atoms with Crippen LogP contribution in [-0.2, 0) is 6.42 Å². The second-order valence-corrected chi connectivity index (χ2v) is 9.58. The Balaban J connectivity index is 1.32. The summed E-state index contributed by atoms with van der Waals surface area (Å²) in [6.07, 6.45) is 11.1. The van der Waals surface area contributed by atoms with Gasteiger partial charge in [-0.2, -0.15) is 8.78 Å². The van der Waals surface area contributed by atoms with Gasteiger partial charge in [-0.3, -0.25) is 0 Å². The van der Waals surface area contributed by atoms with Crippen LogP contribution in [0, 0.1) is 29.6 Å². The van der Waals surface area contributed by atoms with E-state index in [0.717, 1.165) is 38.5 Å². The van der Waals surface area contributed by atoms with Crippen molar-refractivity contribution in [1.82, 2.24) is 10.9 Å². The molecule has 1 aromatic carbocycles. The number of terminal acetylenes is 1. The number of hydrogen-bond acceptors (Lipinski definition) is 4. The van der Waals surface area contributed by atoms with Crippen LogP contribution in [0.15, 0.2) is 18.2 Å². The quantitative estimate of drug-likeness (QED) is 0.533. The summed E-state index contributed by atoms with van der Waals surface area (Å²) in [5, 5.41) is 10.5. The van der Waals surface area contributed by atoms with Crippen molar-refractivity contribution in [2.75, 3.05) is 6.61 Å². The molecule has 5 atom stereocenters. The number of ether oxygens (including phenoxy) is 1. The molecule has 4 nitrogen and oxygen atoms in total. The third kappa shape index (κ3) is 2.82. The zero-order valence-corrected chi connectivity index (χ0v) is 16.7. The lowest BCUT2D eigenvalue weighted by atomic mass is 9.55. The molecular weight excluding hydrogens is 374 g/mol. The third-order valence-corrected chi connectivity index (χ3v) is 8.25. The molecule has 3 fully saturated rings. The molecule has 1 saturated heterocycles. The van der Waals surface area contributed by atoms with E-state index in [2.05, 4.69) is 23.8 Å². The van der Waals surface area contributed by atoms with Gasteiger partial charge in [-0.1, -0.05) is 13.0 Å². The number of hydrogen-bond donors (Lipinski definition) is 3. The third-order valence-electron chi connectivity index (χ3n) is 8.25. The number of aliphatic hydroxyl groups is 1. The number of benzene rings is 1. The van der Waals surface area contributed by atoms with Gasteiger partial charge in [0, 0.05) is 0 Å². The Kier molecular flexibility index (Phi) is 4.26. The summed E-state index contributed by atoms with van der Waals surface area (Å²) in [6.45, 7) is 2.03. The summed E-state index contributed by atoms with van der Waals surface area (Å²) in [6, 6.07) is 6.02. The predicted molar refractivity (Wildman–Crippen MR) is 105 cm³/mol. The SMILES string of the molecule is C#CC(F)(F)C1(COc2ccc3c(c2)CC[C@@H]2[C@@H]3CC[C@]3(C)[C@@H](O)CC[C@@H]23)NN1. The summed E-state index contributed by atoms with van der Waals surface area (Å²) in [5.74, 6) is 0.555. The van der Waals surface area contributed by atoms with Crippen LogP contribution in [0.25, 0.3) is 0 Å². The van der Waals surface area contributed by atoms with Gasteiger partial charge in [0.2, 0.25) is 5.66 Å². The highest BCUT2D eigenvalue weighted by Gasteiger charge is 2.63. The Morgan fingerprint density at radius 2 is 2.07 bits per heavy atom. The van der Waals surface area contributed by atoms with Crippen molar-refractivity contribution < 1.29 is 18.6 Å². The lowest BCUT2D eigenvalue weighted by molar-refractivity contribution is -0.0226. The first-order valence-corrected chi connectivity index (χ1v) is 10.6. The molecule has 4 aliphatic rings. The zero-order valence-electron chi connectivity index (χ0n) is 16.7. The molecule has 5 rings (SSSR count). The highest BCUT2D eigenvalue weighted by Crippen LogP contribution is 2.60. The van der Waals surface area contributed by atoms with Gasteiger partial charge >= 0.3 is 5.92 Å². The number of alkyl halides is 2. The fourth-order valence-corrected chi connectivity index (χ4v) is 6.33. The van der Waals surface area contributed by atoms with Crippen molar-refractivity contribution >= 4 is 0 Å². The Hall–Kier alpha value is -1.68. The van der Waals surface area contributed by atoms with Gasteiger partial charge in [0.25, 0.3) is 0 Å². The van der Waals surface area contributed by atoms with Crippen LogP contribution in [0.2, 0.25) is 0 Å². The molecule has 1 heterocycles. The largest absolute Gasteiger partial charge is 0.490 e. The van der Waals surface area contributed by atoms with Gasteiger partial charge in [-0.15, -0.1) is 6.42 Å². The van der Waals surface area contributed by atoms with E-state index >= 15 is 0 Å². The molecule has 0 aromatic heterocycles. The molecule has 6 heteroatoms. The molecule has 0 unspecified atom stereocenters. The van der Waals surface area contributed by atoms with Gasteiger partial charge in [0.05, 0.1) is 6.10 Å². The van der Waals surface area contributed by atoms with Crippen LogP contribution in [0.3, 0.4) is 0 Å². The minimum absolute atomic E-state index is 0.0720. The maximum absolute atomic E-state index is 13.9. The first-order valence-electron chi connectivity index (χ1n) is 10.6. The molecule has 0 radical (unpaired) electrons. The maximum Gasteiger partial charge on any atom is 0.344 e. The summed E-state index contributed by atoms with van der Waals surface area (Å²) in [7, 11) is 0. The molecule has 156 valence electrons. The first-order chi connectivity index (χ1) is 13.8. The molecule has 29 heavy (non-hydrogen) atoms. The smallest absolute Gasteiger partial charge is 0.344 e. The number of fused-ring (bicyclic) bond motifs is 5. The van der Waals surface area contributed by atoms with E-state index in [1.54, 1.807) is 0 Å². The van der Waals surface area contributed by atoms with Gasteiger partial charge in [-0.25, -0.2) is 10.9 Å². The average Bonchev–Trinajstić information content (AvgIpc) is 3.46. The Morgan fingerprint density at radius 3 is 2.79 bits per heavy atom. The van der Waals surface area contributed by atoms with E-state index in [0.29, 0.717) is 23.5 Å². The lowest BCUT2D eigenvalue weighted by Gasteiger charge is -2.50. The fourth-order valence-electron chi connectivity index (χ4n) is 6.33. The summed E-state index contributed by atoms with van der Waals surface area (Å²) in [5.41, 5.74) is 5.93. The highest BCUT2D eigenvalue weighted by atomic mass is 19.3. The Morgan fingerprint density at radius 1 is 1.28 bits per heavy atom. The number of hydrazine groups is 1. The van der Waals surface area contributed by atoms with Crippen LogP contribution in [0.4, 0.5) is 8.78 Å². The van der Waals surface area contributed by atoms with Crippen molar-refractivity contribution in [3.05, 3.63) is 29.3 Å². The zero-order chi connectivity index (χ0) is 20.4. The van der Waals surface area contributed by atoms with E-state index in [-0.39, 0.29) is 18.1 Å². The van der Waals surface area contributed by atoms with Gasteiger partial charge in [0.1, 0.15) is 12.4 Å². The minimum atomic E-state index is -3.32. The predicted octanol–water partition coefficient (Wildman–Crippen LogP) is 3.36. The summed E-state index contributed by atoms with van der Waals surface area (Å²) in [4.78, 5) is 0. The van der Waals surface area contributed by atoms with Crippen LogP contribution >= 0.6 is 0 Å². The maximum atomic E-state index is 13.9. The van der Waals surface area contributed by atoms with E-state index in [9.17, 15) is 13.9 Å². The molecule has 1 aliphatic heterocycles. The monoisotopic (exact) mass is 402 g/mol. The molecule has 2 saturated carbocycles. The van der Waals surface area contributed by atoms with E-state index in [1.807, 2.05) is 12.1 Å². The number of halogens is 2. The van der Waals surface area contributed by atoms with Gasteiger partial charge < -0.3 is 9.84 Å². The number of rotatable bonds is 4. The topological polar surface area (TPSA) is 73.3 Å². The van der Waals surface area contributed by atoms with E-state index in [4.69, 9.17) is 11.2 Å². The van der Waals surface area contributed by atoms with Crippen molar-refractivity contribution in [3.63, 3.8) is 0 Å². The van der Waals surface area contributed by atoms with Crippen LogP contribution < -0.4 is 15.6 Å². The molecule has 0 amide bonds.